The number of hydrogen-bond donors (Lipinski definition) is 3. The lowest BCUT2D eigenvalue weighted by Crippen LogP contribution is -2.49. The molecule has 2 fully saturated rings. The predicted octanol–water partition coefficient (Wildman–Crippen LogP) is 2.32. The molecular weight excluding hydrogens is 404 g/mol. The fourth-order valence-electron chi connectivity index (χ4n) is 4.11. The molecule has 0 aliphatic heterocycles. The summed E-state index contributed by atoms with van der Waals surface area (Å²) in [7, 11) is 1.80. The van der Waals surface area contributed by atoms with Gasteiger partial charge in [-0.2, -0.15) is 10.4 Å². The summed E-state index contributed by atoms with van der Waals surface area (Å²) in [5, 5.41) is 22.1. The first-order valence-electron chi connectivity index (χ1n) is 11.0. The van der Waals surface area contributed by atoms with Crippen LogP contribution in [0.15, 0.2) is 29.4 Å². The van der Waals surface area contributed by atoms with Gasteiger partial charge in [0.25, 0.3) is 0 Å². The number of hydrogen-bond acceptors (Lipinski definition) is 6. The molecule has 32 heavy (non-hydrogen) atoms. The Morgan fingerprint density at radius 2 is 1.91 bits per heavy atom. The first kappa shape index (κ1) is 23.1. The highest BCUT2D eigenvalue weighted by Crippen LogP contribution is 2.37. The van der Waals surface area contributed by atoms with E-state index in [0.29, 0.717) is 6.42 Å². The zero-order valence-electron chi connectivity index (χ0n) is 18.4. The number of primary amides is 1. The van der Waals surface area contributed by atoms with E-state index < -0.39 is 11.4 Å². The molecule has 0 bridgehead atoms. The maximum absolute atomic E-state index is 12.2. The van der Waals surface area contributed by atoms with E-state index in [4.69, 9.17) is 12.2 Å². The van der Waals surface area contributed by atoms with E-state index in [1.807, 2.05) is 24.3 Å². The smallest absolute Gasteiger partial charge is 0.228 e. The topological polar surface area (TPSA) is 124 Å². The maximum atomic E-state index is 12.2. The second-order valence-electron chi connectivity index (χ2n) is 8.68. The Balaban J connectivity index is 1.67. The third-order valence-corrected chi connectivity index (χ3v) is 6.26. The van der Waals surface area contributed by atoms with Crippen molar-refractivity contribution in [1.82, 2.24) is 10.3 Å². The molecular formula is C24H30N6O2. The Bertz CT molecular complexity index is 944. The number of terminal acetylenes is 1. The Kier molecular flexibility index (Phi) is 7.37. The second kappa shape index (κ2) is 10.2. The number of carbonyl (C=O) groups excluding carboxylic acids is 2. The van der Waals surface area contributed by atoms with Crippen LogP contribution < -0.4 is 16.4 Å². The van der Waals surface area contributed by atoms with Gasteiger partial charge in [0, 0.05) is 30.3 Å². The third-order valence-electron chi connectivity index (χ3n) is 6.26. The minimum absolute atomic E-state index is 0.0114. The highest BCUT2D eigenvalue weighted by Gasteiger charge is 2.39. The van der Waals surface area contributed by atoms with Crippen molar-refractivity contribution in [3.63, 3.8) is 0 Å². The summed E-state index contributed by atoms with van der Waals surface area (Å²) < 4.78 is 0. The van der Waals surface area contributed by atoms with Crippen LogP contribution in [0.3, 0.4) is 0 Å². The normalized spacial score (nSPS) is 22.8. The van der Waals surface area contributed by atoms with Crippen LogP contribution in [0.2, 0.25) is 0 Å². The molecule has 0 aromatic heterocycles. The number of amidine groups is 1. The lowest BCUT2D eigenvalue weighted by Gasteiger charge is -2.44. The standard InChI is InChI=1S/C24H30N6O2/c1-3-17-4-8-19(9-5-17)27-20-10-12-24(13-11-20,14-15-25)30(2)29-22(16-21(26)31)28-23(32)18-6-7-18/h1,4-5,8-9,18,20,27H,6-7,10-14,16H2,2H3,(H2,26,31)(H,28,29,32). The molecule has 2 saturated carbocycles. The SMILES string of the molecule is C#Cc1ccc(NC2CCC(CC#N)(N(C)/N=C(\CC(N)=O)NC(=O)C3CC3)CC2)cc1. The van der Waals surface area contributed by atoms with Gasteiger partial charge in [-0.15, -0.1) is 6.42 Å². The molecule has 0 atom stereocenters. The zero-order valence-corrected chi connectivity index (χ0v) is 18.4. The third kappa shape index (κ3) is 6.01. The molecule has 168 valence electrons. The van der Waals surface area contributed by atoms with Crippen molar-refractivity contribution in [1.29, 1.82) is 5.26 Å². The molecule has 2 aliphatic carbocycles. The van der Waals surface area contributed by atoms with Crippen LogP contribution in [0.1, 0.15) is 56.9 Å². The van der Waals surface area contributed by atoms with E-state index in [1.54, 1.807) is 12.1 Å². The minimum atomic E-state index is -0.564. The number of amides is 2. The first-order valence-corrected chi connectivity index (χ1v) is 11.0. The van der Waals surface area contributed by atoms with Crippen LogP contribution in [0.4, 0.5) is 5.69 Å². The van der Waals surface area contributed by atoms with Crippen LogP contribution in [0.5, 0.6) is 0 Å². The summed E-state index contributed by atoms with van der Waals surface area (Å²) in [6.07, 6.45) is 10.5. The number of anilines is 1. The van der Waals surface area contributed by atoms with E-state index in [0.717, 1.165) is 49.8 Å². The number of nitrogens with one attached hydrogen (secondary N) is 2. The van der Waals surface area contributed by atoms with Gasteiger partial charge in [-0.25, -0.2) is 0 Å². The van der Waals surface area contributed by atoms with Gasteiger partial charge in [0.2, 0.25) is 11.8 Å². The van der Waals surface area contributed by atoms with Gasteiger partial charge in [0.05, 0.1) is 24.4 Å². The molecule has 1 aromatic rings. The number of carbonyl (C=O) groups is 2. The van der Waals surface area contributed by atoms with Gasteiger partial charge in [0.15, 0.2) is 0 Å². The number of nitriles is 1. The fraction of sp³-hybridized carbons (Fsp3) is 0.500. The highest BCUT2D eigenvalue weighted by atomic mass is 16.2. The number of rotatable bonds is 8. The quantitative estimate of drug-likeness (QED) is 0.251. The molecule has 4 N–H and O–H groups in total. The molecule has 0 unspecified atom stereocenters. The summed E-state index contributed by atoms with van der Waals surface area (Å²) in [6.45, 7) is 0. The van der Waals surface area contributed by atoms with Crippen molar-refractivity contribution in [3.05, 3.63) is 29.8 Å². The van der Waals surface area contributed by atoms with Gasteiger partial charge in [-0.3, -0.25) is 14.6 Å². The molecule has 1 aromatic carbocycles. The van der Waals surface area contributed by atoms with Crippen LogP contribution in [0, 0.1) is 29.6 Å². The molecule has 8 heteroatoms. The lowest BCUT2D eigenvalue weighted by atomic mass is 9.77. The Hall–Kier alpha value is -3.52. The minimum Gasteiger partial charge on any atom is -0.382 e. The Morgan fingerprint density at radius 1 is 1.25 bits per heavy atom. The van der Waals surface area contributed by atoms with E-state index in [-0.39, 0.29) is 30.1 Å². The average Bonchev–Trinajstić information content (AvgIpc) is 3.61. The van der Waals surface area contributed by atoms with Gasteiger partial charge in [-0.05, 0) is 62.8 Å². The predicted molar refractivity (Wildman–Crippen MR) is 123 cm³/mol. The monoisotopic (exact) mass is 434 g/mol. The molecule has 8 nitrogen and oxygen atoms in total. The first-order chi connectivity index (χ1) is 15.3. The summed E-state index contributed by atoms with van der Waals surface area (Å²) in [6, 6.07) is 10.3. The Morgan fingerprint density at radius 3 is 2.44 bits per heavy atom. The van der Waals surface area contributed by atoms with Gasteiger partial charge < -0.3 is 16.4 Å². The fourth-order valence-corrected chi connectivity index (χ4v) is 4.11. The summed E-state index contributed by atoms with van der Waals surface area (Å²) in [5.74, 6) is 2.15. The molecule has 0 spiro atoms. The van der Waals surface area contributed by atoms with Crippen LogP contribution in [-0.2, 0) is 9.59 Å². The van der Waals surface area contributed by atoms with E-state index in [1.165, 1.54) is 0 Å². The van der Waals surface area contributed by atoms with Gasteiger partial charge in [-0.1, -0.05) is 5.92 Å². The molecule has 0 saturated heterocycles. The molecule has 2 amide bonds. The number of nitrogens with zero attached hydrogens (tertiary/aromatic N) is 3. The lowest BCUT2D eigenvalue weighted by molar-refractivity contribution is -0.120. The van der Waals surface area contributed by atoms with Crippen molar-refractivity contribution < 1.29 is 9.59 Å². The van der Waals surface area contributed by atoms with Crippen LogP contribution >= 0.6 is 0 Å². The largest absolute Gasteiger partial charge is 0.382 e. The number of hydrazone groups is 1. The van der Waals surface area contributed by atoms with E-state index in [9.17, 15) is 14.9 Å². The van der Waals surface area contributed by atoms with Gasteiger partial charge >= 0.3 is 0 Å². The molecule has 0 radical (unpaired) electrons. The number of nitrogens with two attached hydrogens (primary N) is 1. The van der Waals surface area contributed by atoms with E-state index in [2.05, 4.69) is 27.7 Å². The maximum Gasteiger partial charge on any atom is 0.228 e. The van der Waals surface area contributed by atoms with Crippen molar-refractivity contribution in [2.45, 2.75) is 62.9 Å². The van der Waals surface area contributed by atoms with Crippen molar-refractivity contribution in [2.75, 3.05) is 12.4 Å². The summed E-state index contributed by atoms with van der Waals surface area (Å²) >= 11 is 0. The van der Waals surface area contributed by atoms with E-state index >= 15 is 0 Å². The average molecular weight is 435 g/mol. The van der Waals surface area contributed by atoms with Crippen molar-refractivity contribution in [3.8, 4) is 18.4 Å². The Labute approximate surface area is 189 Å². The molecule has 2 aliphatic rings. The summed E-state index contributed by atoms with van der Waals surface area (Å²) in [5.41, 5.74) is 6.74. The number of benzene rings is 1. The van der Waals surface area contributed by atoms with Crippen molar-refractivity contribution >= 4 is 23.3 Å². The molecule has 3 rings (SSSR count). The van der Waals surface area contributed by atoms with Crippen molar-refractivity contribution in [2.24, 2.45) is 16.8 Å². The van der Waals surface area contributed by atoms with Gasteiger partial charge in [0.1, 0.15) is 5.84 Å². The zero-order chi connectivity index (χ0) is 23.1. The highest BCUT2D eigenvalue weighted by molar-refractivity contribution is 6.07. The van der Waals surface area contributed by atoms with Crippen LogP contribution in [-0.4, -0.2) is 41.3 Å². The van der Waals surface area contributed by atoms with Crippen LogP contribution in [0.25, 0.3) is 0 Å². The summed E-state index contributed by atoms with van der Waals surface area (Å²) in [4.78, 5) is 23.7. The second-order valence-corrected chi connectivity index (χ2v) is 8.68. The molecule has 0 heterocycles.